The van der Waals surface area contributed by atoms with Crippen LogP contribution < -0.4 is 0 Å². The second-order valence-electron chi connectivity index (χ2n) is 2.79. The van der Waals surface area contributed by atoms with E-state index in [9.17, 15) is 14.4 Å². The quantitative estimate of drug-likeness (QED) is 0.494. The van der Waals surface area contributed by atoms with Gasteiger partial charge < -0.3 is 14.6 Å². The van der Waals surface area contributed by atoms with Crippen molar-refractivity contribution in [2.24, 2.45) is 5.92 Å². The maximum absolute atomic E-state index is 10.4. The summed E-state index contributed by atoms with van der Waals surface area (Å²) in [5.41, 5.74) is 0. The summed E-state index contributed by atoms with van der Waals surface area (Å²) in [5, 5.41) is 0. The fourth-order valence-corrected chi connectivity index (χ4v) is 1.25. The number of hydrogen-bond donors (Lipinski definition) is 0. The van der Waals surface area contributed by atoms with Crippen LogP contribution >= 0.6 is 0 Å². The van der Waals surface area contributed by atoms with Crippen molar-refractivity contribution in [3.63, 3.8) is 0 Å². The Bertz CT molecular complexity index is 156. The van der Waals surface area contributed by atoms with Gasteiger partial charge in [0.2, 0.25) is 12.8 Å². The van der Waals surface area contributed by atoms with Gasteiger partial charge in [0, 0.05) is 19.0 Å². The number of nitrogens with zero attached hydrogens (tertiary/aromatic N) is 2. The van der Waals surface area contributed by atoms with Gasteiger partial charge in [0.05, 0.1) is 6.67 Å². The van der Waals surface area contributed by atoms with Gasteiger partial charge in [-0.05, 0) is 0 Å². The molecule has 0 atom stereocenters. The smallest absolute Gasteiger partial charge is 0.211 e. The van der Waals surface area contributed by atoms with E-state index >= 15 is 0 Å². The van der Waals surface area contributed by atoms with Crippen molar-refractivity contribution in [3.8, 4) is 0 Å². The Balaban J connectivity index is 2.57. The molecule has 1 fully saturated rings. The van der Waals surface area contributed by atoms with Crippen LogP contribution in [0.1, 0.15) is 0 Å². The Morgan fingerprint density at radius 2 is 1.50 bits per heavy atom. The SMILES string of the molecule is O=CC1CN(C=O)CN(C=O)C1. The highest BCUT2D eigenvalue weighted by Gasteiger charge is 2.22. The van der Waals surface area contributed by atoms with Gasteiger partial charge in [-0.25, -0.2) is 0 Å². The Morgan fingerprint density at radius 1 is 1.00 bits per heavy atom. The molecule has 0 bridgehead atoms. The minimum absolute atomic E-state index is 0.242. The molecule has 66 valence electrons. The predicted molar refractivity (Wildman–Crippen MR) is 40.0 cm³/mol. The highest BCUT2D eigenvalue weighted by molar-refractivity contribution is 5.59. The molecular weight excluding hydrogens is 160 g/mol. The zero-order valence-electron chi connectivity index (χ0n) is 6.55. The molecule has 0 aromatic rings. The summed E-state index contributed by atoms with van der Waals surface area (Å²) in [6.45, 7) is 1.12. The topological polar surface area (TPSA) is 57.7 Å². The Labute approximate surface area is 69.9 Å². The third-order valence-electron chi connectivity index (χ3n) is 1.79. The molecule has 1 rings (SSSR count). The van der Waals surface area contributed by atoms with Gasteiger partial charge in [-0.1, -0.05) is 0 Å². The number of rotatable bonds is 3. The van der Waals surface area contributed by atoms with Gasteiger partial charge in [0.1, 0.15) is 6.29 Å². The van der Waals surface area contributed by atoms with E-state index in [1.165, 1.54) is 9.80 Å². The van der Waals surface area contributed by atoms with Crippen LogP contribution in [0.15, 0.2) is 0 Å². The fourth-order valence-electron chi connectivity index (χ4n) is 1.25. The van der Waals surface area contributed by atoms with Crippen LogP contribution in [0.4, 0.5) is 0 Å². The average Bonchev–Trinajstić information content (AvgIpc) is 2.16. The van der Waals surface area contributed by atoms with E-state index in [-0.39, 0.29) is 12.6 Å². The standard InChI is InChI=1S/C7H10N2O3/c10-3-7-1-8(5-11)4-9(2-7)6-12/h3,5-7H,1-2,4H2. The Hall–Kier alpha value is -1.39. The molecule has 5 heteroatoms. The monoisotopic (exact) mass is 170 g/mol. The lowest BCUT2D eigenvalue weighted by molar-refractivity contribution is -0.131. The first kappa shape index (κ1) is 8.70. The van der Waals surface area contributed by atoms with Gasteiger partial charge in [0.15, 0.2) is 0 Å². The first-order valence-electron chi connectivity index (χ1n) is 3.64. The number of carbonyl (C=O) groups is 3. The molecule has 0 aliphatic carbocycles. The first-order valence-corrected chi connectivity index (χ1v) is 3.64. The highest BCUT2D eigenvalue weighted by Crippen LogP contribution is 2.06. The van der Waals surface area contributed by atoms with E-state index in [0.717, 1.165) is 6.29 Å². The second-order valence-corrected chi connectivity index (χ2v) is 2.79. The maximum atomic E-state index is 10.4. The third kappa shape index (κ3) is 1.81. The summed E-state index contributed by atoms with van der Waals surface area (Å²) in [4.78, 5) is 33.9. The van der Waals surface area contributed by atoms with Gasteiger partial charge >= 0.3 is 0 Å². The van der Waals surface area contributed by atoms with Gasteiger partial charge in [-0.3, -0.25) is 9.59 Å². The van der Waals surface area contributed by atoms with Crippen LogP contribution in [-0.2, 0) is 14.4 Å². The normalized spacial score (nSPS) is 19.0. The highest BCUT2D eigenvalue weighted by atomic mass is 16.1. The molecule has 0 spiro atoms. The molecule has 0 N–H and O–H groups in total. The molecule has 0 radical (unpaired) electrons. The van der Waals surface area contributed by atoms with Crippen LogP contribution in [0, 0.1) is 5.92 Å². The van der Waals surface area contributed by atoms with E-state index in [4.69, 9.17) is 0 Å². The molecule has 1 heterocycles. The van der Waals surface area contributed by atoms with Crippen molar-refractivity contribution >= 4 is 19.1 Å². The zero-order chi connectivity index (χ0) is 8.97. The molecule has 1 aliphatic rings. The number of carbonyl (C=O) groups excluding carboxylic acids is 3. The van der Waals surface area contributed by atoms with E-state index in [0.29, 0.717) is 25.9 Å². The van der Waals surface area contributed by atoms with Crippen molar-refractivity contribution in [2.45, 2.75) is 0 Å². The minimum Gasteiger partial charge on any atom is -0.327 e. The van der Waals surface area contributed by atoms with Crippen LogP contribution in [0.2, 0.25) is 0 Å². The van der Waals surface area contributed by atoms with Crippen LogP contribution in [0.5, 0.6) is 0 Å². The van der Waals surface area contributed by atoms with Gasteiger partial charge in [-0.15, -0.1) is 0 Å². The summed E-state index contributed by atoms with van der Waals surface area (Å²) >= 11 is 0. The molecular formula is C7H10N2O3. The predicted octanol–water partition coefficient (Wildman–Crippen LogP) is -1.31. The molecule has 1 aliphatic heterocycles. The molecule has 12 heavy (non-hydrogen) atoms. The lowest BCUT2D eigenvalue weighted by Gasteiger charge is -2.33. The van der Waals surface area contributed by atoms with Crippen LogP contribution in [0.3, 0.4) is 0 Å². The lowest BCUT2D eigenvalue weighted by atomic mass is 10.1. The van der Waals surface area contributed by atoms with Gasteiger partial charge in [0.25, 0.3) is 0 Å². The van der Waals surface area contributed by atoms with E-state index in [2.05, 4.69) is 0 Å². The van der Waals surface area contributed by atoms with E-state index < -0.39 is 0 Å². The summed E-state index contributed by atoms with van der Waals surface area (Å²) in [5.74, 6) is -0.242. The number of amides is 2. The largest absolute Gasteiger partial charge is 0.327 e. The maximum Gasteiger partial charge on any atom is 0.211 e. The van der Waals surface area contributed by atoms with Crippen LogP contribution in [-0.4, -0.2) is 48.7 Å². The summed E-state index contributed by atoms with van der Waals surface area (Å²) in [7, 11) is 0. The van der Waals surface area contributed by atoms with E-state index in [1.54, 1.807) is 0 Å². The summed E-state index contributed by atoms with van der Waals surface area (Å²) in [6, 6.07) is 0. The summed E-state index contributed by atoms with van der Waals surface area (Å²) in [6.07, 6.45) is 2.06. The zero-order valence-corrected chi connectivity index (χ0v) is 6.55. The number of hydrogen-bond acceptors (Lipinski definition) is 3. The molecule has 0 unspecified atom stereocenters. The van der Waals surface area contributed by atoms with Crippen molar-refractivity contribution in [2.75, 3.05) is 19.8 Å². The molecule has 0 saturated carbocycles. The van der Waals surface area contributed by atoms with Crippen molar-refractivity contribution in [1.82, 2.24) is 9.80 Å². The Morgan fingerprint density at radius 3 is 1.83 bits per heavy atom. The van der Waals surface area contributed by atoms with Gasteiger partial charge in [-0.2, -0.15) is 0 Å². The minimum atomic E-state index is -0.242. The number of aldehydes is 1. The Kier molecular flexibility index (Phi) is 2.79. The molecule has 2 amide bonds. The van der Waals surface area contributed by atoms with Crippen molar-refractivity contribution in [3.05, 3.63) is 0 Å². The second kappa shape index (κ2) is 3.85. The van der Waals surface area contributed by atoms with Crippen molar-refractivity contribution < 1.29 is 14.4 Å². The molecule has 1 saturated heterocycles. The first-order chi connectivity index (χ1) is 5.80. The van der Waals surface area contributed by atoms with Crippen LogP contribution in [0.25, 0.3) is 0 Å². The lowest BCUT2D eigenvalue weighted by Crippen LogP contribution is -2.48. The molecule has 0 aromatic carbocycles. The average molecular weight is 170 g/mol. The molecule has 5 nitrogen and oxygen atoms in total. The third-order valence-corrected chi connectivity index (χ3v) is 1.79. The van der Waals surface area contributed by atoms with Crippen molar-refractivity contribution in [1.29, 1.82) is 0 Å². The molecule has 0 aromatic heterocycles. The summed E-state index contributed by atoms with van der Waals surface area (Å²) < 4.78 is 0. The van der Waals surface area contributed by atoms with E-state index in [1.807, 2.05) is 0 Å². The fraction of sp³-hybridized carbons (Fsp3) is 0.571.